The fourth-order valence-electron chi connectivity index (χ4n) is 1.98. The van der Waals surface area contributed by atoms with Crippen LogP contribution in [0.15, 0.2) is 34.7 Å². The van der Waals surface area contributed by atoms with Gasteiger partial charge in [-0.25, -0.2) is 4.79 Å². The average molecular weight is 303 g/mol. The van der Waals surface area contributed by atoms with Crippen molar-refractivity contribution in [2.75, 3.05) is 6.61 Å². The molecule has 0 spiro atoms. The van der Waals surface area contributed by atoms with Gasteiger partial charge in [0.2, 0.25) is 0 Å². The van der Waals surface area contributed by atoms with Crippen molar-refractivity contribution >= 4 is 11.9 Å². The Morgan fingerprint density at radius 3 is 2.50 bits per heavy atom. The van der Waals surface area contributed by atoms with Crippen LogP contribution in [0.1, 0.15) is 39.2 Å². The first-order valence-corrected chi connectivity index (χ1v) is 6.85. The van der Waals surface area contributed by atoms with Gasteiger partial charge in [0, 0.05) is 5.56 Å². The summed E-state index contributed by atoms with van der Waals surface area (Å²) in [6.45, 7) is 4.15. The molecule has 0 unspecified atom stereocenters. The lowest BCUT2D eigenvalue weighted by Crippen LogP contribution is -2.22. The molecule has 6 heteroatoms. The number of rotatable bonds is 6. The molecule has 0 saturated heterocycles. The van der Waals surface area contributed by atoms with E-state index in [0.717, 1.165) is 0 Å². The van der Waals surface area contributed by atoms with E-state index in [1.165, 1.54) is 6.07 Å². The van der Waals surface area contributed by atoms with E-state index < -0.39 is 5.97 Å². The van der Waals surface area contributed by atoms with Crippen LogP contribution in [0, 0.1) is 6.92 Å². The summed E-state index contributed by atoms with van der Waals surface area (Å²) in [6, 6.07) is 8.18. The van der Waals surface area contributed by atoms with Crippen LogP contribution in [-0.4, -0.2) is 23.6 Å². The molecule has 0 aliphatic carbocycles. The molecule has 0 bridgehead atoms. The normalized spacial score (nSPS) is 10.3. The lowest BCUT2D eigenvalue weighted by molar-refractivity contribution is 0.0694. The molecule has 1 aromatic heterocycles. The summed E-state index contributed by atoms with van der Waals surface area (Å²) in [7, 11) is 0. The summed E-state index contributed by atoms with van der Waals surface area (Å²) in [5, 5.41) is 11.6. The molecule has 0 radical (unpaired) electrons. The van der Waals surface area contributed by atoms with Gasteiger partial charge in [-0.05, 0) is 44.2 Å². The molecule has 0 saturated carbocycles. The van der Waals surface area contributed by atoms with Crippen molar-refractivity contribution < 1.29 is 23.8 Å². The van der Waals surface area contributed by atoms with Gasteiger partial charge in [-0.3, -0.25) is 4.79 Å². The predicted molar refractivity (Wildman–Crippen MR) is 79.2 cm³/mol. The second-order valence-electron chi connectivity index (χ2n) is 4.63. The number of ether oxygens (including phenoxy) is 1. The Hall–Kier alpha value is -2.76. The summed E-state index contributed by atoms with van der Waals surface area (Å²) in [4.78, 5) is 22.9. The number of carbonyl (C=O) groups excluding carboxylic acids is 1. The highest BCUT2D eigenvalue weighted by molar-refractivity contribution is 5.94. The van der Waals surface area contributed by atoms with Crippen molar-refractivity contribution in [1.82, 2.24) is 5.32 Å². The monoisotopic (exact) mass is 303 g/mol. The van der Waals surface area contributed by atoms with Gasteiger partial charge in [0.25, 0.3) is 5.91 Å². The number of furan rings is 1. The van der Waals surface area contributed by atoms with Gasteiger partial charge in [-0.1, -0.05) is 0 Å². The Bertz CT molecular complexity index is 672. The van der Waals surface area contributed by atoms with Gasteiger partial charge in [0.05, 0.1) is 13.2 Å². The molecule has 0 aliphatic heterocycles. The van der Waals surface area contributed by atoms with Crippen LogP contribution in [0.4, 0.5) is 0 Å². The number of hydrogen-bond donors (Lipinski definition) is 2. The minimum atomic E-state index is -1.05. The van der Waals surface area contributed by atoms with Crippen LogP contribution in [0.2, 0.25) is 0 Å². The highest BCUT2D eigenvalue weighted by atomic mass is 16.5. The topological polar surface area (TPSA) is 88.8 Å². The van der Waals surface area contributed by atoms with Gasteiger partial charge in [-0.2, -0.15) is 0 Å². The highest BCUT2D eigenvalue weighted by Gasteiger charge is 2.14. The van der Waals surface area contributed by atoms with Gasteiger partial charge in [0.1, 0.15) is 22.8 Å². The maximum Gasteiger partial charge on any atom is 0.339 e. The van der Waals surface area contributed by atoms with E-state index in [-0.39, 0.29) is 18.0 Å². The number of amides is 1. The molecule has 0 fully saturated rings. The van der Waals surface area contributed by atoms with Gasteiger partial charge in [-0.15, -0.1) is 0 Å². The Labute approximate surface area is 127 Å². The minimum absolute atomic E-state index is 0.102. The number of carboxylic acids is 1. The molecule has 0 aliphatic rings. The molecule has 2 N–H and O–H groups in total. The van der Waals surface area contributed by atoms with E-state index in [4.69, 9.17) is 14.3 Å². The van der Waals surface area contributed by atoms with E-state index in [1.807, 2.05) is 6.92 Å². The van der Waals surface area contributed by atoms with Crippen molar-refractivity contribution in [3.8, 4) is 5.75 Å². The minimum Gasteiger partial charge on any atom is -0.494 e. The van der Waals surface area contributed by atoms with Gasteiger partial charge < -0.3 is 19.6 Å². The molecule has 1 aromatic carbocycles. The molecule has 116 valence electrons. The Morgan fingerprint density at radius 2 is 1.95 bits per heavy atom. The fraction of sp³-hybridized carbons (Fsp3) is 0.250. The lowest BCUT2D eigenvalue weighted by atomic mass is 10.2. The number of aryl methyl sites for hydroxylation is 1. The Morgan fingerprint density at radius 1 is 1.27 bits per heavy atom. The van der Waals surface area contributed by atoms with Crippen LogP contribution in [0.25, 0.3) is 0 Å². The van der Waals surface area contributed by atoms with Crippen molar-refractivity contribution in [3.05, 3.63) is 53.0 Å². The van der Waals surface area contributed by atoms with Crippen LogP contribution in [0.5, 0.6) is 5.75 Å². The number of nitrogens with one attached hydrogen (secondary N) is 1. The third-order valence-corrected chi connectivity index (χ3v) is 3.05. The molecular formula is C16H17NO5. The summed E-state index contributed by atoms with van der Waals surface area (Å²) in [5.41, 5.74) is 0.593. The third-order valence-electron chi connectivity index (χ3n) is 3.05. The maximum absolute atomic E-state index is 12.0. The number of aromatic carboxylic acids is 1. The molecule has 22 heavy (non-hydrogen) atoms. The summed E-state index contributed by atoms with van der Waals surface area (Å²) >= 11 is 0. The first-order valence-electron chi connectivity index (χ1n) is 6.85. The predicted octanol–water partition coefficient (Wildman–Crippen LogP) is 2.61. The van der Waals surface area contributed by atoms with Crippen LogP contribution in [-0.2, 0) is 6.54 Å². The van der Waals surface area contributed by atoms with E-state index >= 15 is 0 Å². The van der Waals surface area contributed by atoms with E-state index in [9.17, 15) is 9.59 Å². The first-order chi connectivity index (χ1) is 10.5. The summed E-state index contributed by atoms with van der Waals surface area (Å²) in [5.74, 6) is 0.0955. The van der Waals surface area contributed by atoms with E-state index in [1.54, 1.807) is 31.2 Å². The lowest BCUT2D eigenvalue weighted by Gasteiger charge is -2.05. The number of carboxylic acid groups (broad SMARTS) is 1. The molecule has 2 rings (SSSR count). The Balaban J connectivity index is 1.97. The highest BCUT2D eigenvalue weighted by Crippen LogP contribution is 2.15. The largest absolute Gasteiger partial charge is 0.494 e. The second kappa shape index (κ2) is 6.80. The van der Waals surface area contributed by atoms with E-state index in [2.05, 4.69) is 5.32 Å². The van der Waals surface area contributed by atoms with Crippen molar-refractivity contribution in [2.24, 2.45) is 0 Å². The first kappa shape index (κ1) is 15.6. The van der Waals surface area contributed by atoms with Crippen molar-refractivity contribution in [2.45, 2.75) is 20.4 Å². The van der Waals surface area contributed by atoms with Crippen LogP contribution >= 0.6 is 0 Å². The molecule has 1 amide bonds. The maximum atomic E-state index is 12.0. The zero-order valence-electron chi connectivity index (χ0n) is 12.4. The SMILES string of the molecule is CCOc1ccc(C(=O)NCc2cc(C(=O)O)c(C)o2)cc1. The fourth-order valence-corrected chi connectivity index (χ4v) is 1.98. The number of hydrogen-bond acceptors (Lipinski definition) is 4. The van der Waals surface area contributed by atoms with Crippen molar-refractivity contribution in [1.29, 1.82) is 0 Å². The summed E-state index contributed by atoms with van der Waals surface area (Å²) in [6.07, 6.45) is 0. The van der Waals surface area contributed by atoms with E-state index in [0.29, 0.717) is 29.4 Å². The quantitative estimate of drug-likeness (QED) is 0.856. The molecule has 1 heterocycles. The smallest absolute Gasteiger partial charge is 0.339 e. The third kappa shape index (κ3) is 3.66. The zero-order valence-corrected chi connectivity index (χ0v) is 12.4. The van der Waals surface area contributed by atoms with Crippen LogP contribution in [0.3, 0.4) is 0 Å². The van der Waals surface area contributed by atoms with Gasteiger partial charge >= 0.3 is 5.97 Å². The molecule has 0 atom stereocenters. The molecular weight excluding hydrogens is 286 g/mol. The number of carbonyl (C=O) groups is 2. The van der Waals surface area contributed by atoms with Gasteiger partial charge in [0.15, 0.2) is 0 Å². The second-order valence-corrected chi connectivity index (χ2v) is 4.63. The van der Waals surface area contributed by atoms with Crippen LogP contribution < -0.4 is 10.1 Å². The van der Waals surface area contributed by atoms with Crippen molar-refractivity contribution in [3.63, 3.8) is 0 Å². The molecule has 2 aromatic rings. The Kier molecular flexibility index (Phi) is 4.83. The number of benzene rings is 1. The average Bonchev–Trinajstić information content (AvgIpc) is 2.87. The standard InChI is InChI=1S/C16H17NO5/c1-3-21-12-6-4-11(5-7-12)15(18)17-9-13-8-14(16(19)20)10(2)22-13/h4-8H,3,9H2,1-2H3,(H,17,18)(H,19,20). The summed E-state index contributed by atoms with van der Waals surface area (Å²) < 4.78 is 10.6. The molecule has 6 nitrogen and oxygen atoms in total. The zero-order chi connectivity index (χ0) is 16.1.